The number of carbonyl (C=O) groups excluding carboxylic acids is 2. The van der Waals surface area contributed by atoms with Crippen molar-refractivity contribution in [3.63, 3.8) is 0 Å². The van der Waals surface area contributed by atoms with Gasteiger partial charge in [-0.05, 0) is 49.8 Å². The zero-order chi connectivity index (χ0) is 19.9. The summed E-state index contributed by atoms with van der Waals surface area (Å²) in [4.78, 5) is 24.3. The Bertz CT molecular complexity index is 767. The molecule has 1 aromatic carbocycles. The van der Waals surface area contributed by atoms with E-state index in [-0.39, 0.29) is 28.5 Å². The summed E-state index contributed by atoms with van der Waals surface area (Å²) in [6.07, 6.45) is 5.11. The van der Waals surface area contributed by atoms with Crippen molar-refractivity contribution in [2.24, 2.45) is 17.0 Å². The molecular weight excluding hydrogens is 366 g/mol. The fourth-order valence-electron chi connectivity index (χ4n) is 3.26. The van der Waals surface area contributed by atoms with Crippen LogP contribution in [0.25, 0.3) is 0 Å². The summed E-state index contributed by atoms with van der Waals surface area (Å²) < 4.78 is 22.5. The highest BCUT2D eigenvalue weighted by molar-refractivity contribution is 7.89. The summed E-state index contributed by atoms with van der Waals surface area (Å²) in [5.74, 6) is -0.0256. The smallest absolute Gasteiger partial charge is 0.238 e. The van der Waals surface area contributed by atoms with E-state index in [1.54, 1.807) is 18.2 Å². The molecule has 0 saturated heterocycles. The SMILES string of the molecule is C=CCNC(=O)C1CCC(C(=O)NCCc2ccc(S(N)(=O)=O)cc2)CC1. The molecule has 0 spiro atoms. The number of primary sulfonamides is 1. The minimum Gasteiger partial charge on any atom is -0.356 e. The van der Waals surface area contributed by atoms with Crippen molar-refractivity contribution in [3.8, 4) is 0 Å². The highest BCUT2D eigenvalue weighted by Gasteiger charge is 2.29. The molecule has 0 heterocycles. The number of hydrogen-bond acceptors (Lipinski definition) is 4. The van der Waals surface area contributed by atoms with Crippen molar-refractivity contribution in [2.45, 2.75) is 37.0 Å². The number of hydrogen-bond donors (Lipinski definition) is 3. The Balaban J connectivity index is 1.72. The van der Waals surface area contributed by atoms with Crippen molar-refractivity contribution < 1.29 is 18.0 Å². The van der Waals surface area contributed by atoms with Gasteiger partial charge in [0.05, 0.1) is 4.90 Å². The number of sulfonamides is 1. The number of carbonyl (C=O) groups is 2. The Morgan fingerprint density at radius 3 is 2.04 bits per heavy atom. The molecule has 0 unspecified atom stereocenters. The lowest BCUT2D eigenvalue weighted by Crippen LogP contribution is -2.38. The zero-order valence-electron chi connectivity index (χ0n) is 15.3. The van der Waals surface area contributed by atoms with Crippen molar-refractivity contribution in [1.29, 1.82) is 0 Å². The molecule has 0 aromatic heterocycles. The maximum Gasteiger partial charge on any atom is 0.238 e. The molecule has 2 amide bonds. The largest absolute Gasteiger partial charge is 0.356 e. The number of amides is 2. The third-order valence-corrected chi connectivity index (χ3v) is 5.78. The van der Waals surface area contributed by atoms with E-state index in [1.165, 1.54) is 12.1 Å². The van der Waals surface area contributed by atoms with E-state index >= 15 is 0 Å². The van der Waals surface area contributed by atoms with E-state index in [4.69, 9.17) is 5.14 Å². The molecule has 1 aliphatic rings. The molecule has 7 nitrogen and oxygen atoms in total. The van der Waals surface area contributed by atoms with E-state index in [2.05, 4.69) is 17.2 Å². The average molecular weight is 394 g/mol. The Hall–Kier alpha value is -2.19. The van der Waals surface area contributed by atoms with Crippen LogP contribution in [0.4, 0.5) is 0 Å². The molecular formula is C19H27N3O4S. The van der Waals surface area contributed by atoms with Crippen molar-refractivity contribution in [1.82, 2.24) is 10.6 Å². The first-order valence-electron chi connectivity index (χ1n) is 9.09. The second kappa shape index (κ2) is 9.66. The Morgan fingerprint density at radius 2 is 1.56 bits per heavy atom. The van der Waals surface area contributed by atoms with Crippen LogP contribution < -0.4 is 15.8 Å². The lowest BCUT2D eigenvalue weighted by molar-refractivity contribution is -0.130. The summed E-state index contributed by atoms with van der Waals surface area (Å²) in [5.41, 5.74) is 0.922. The summed E-state index contributed by atoms with van der Waals surface area (Å²) in [5, 5.41) is 10.8. The van der Waals surface area contributed by atoms with Crippen molar-refractivity contribution >= 4 is 21.8 Å². The summed E-state index contributed by atoms with van der Waals surface area (Å²) in [7, 11) is -3.69. The topological polar surface area (TPSA) is 118 Å². The lowest BCUT2D eigenvalue weighted by Gasteiger charge is -2.27. The fraction of sp³-hybridized carbons (Fsp3) is 0.474. The van der Waals surface area contributed by atoms with E-state index in [0.717, 1.165) is 18.4 Å². The fourth-order valence-corrected chi connectivity index (χ4v) is 3.77. The first-order chi connectivity index (χ1) is 12.8. The van der Waals surface area contributed by atoms with E-state index in [1.807, 2.05) is 0 Å². The van der Waals surface area contributed by atoms with Gasteiger partial charge < -0.3 is 10.6 Å². The molecule has 0 radical (unpaired) electrons. The van der Waals surface area contributed by atoms with Gasteiger partial charge in [0.2, 0.25) is 21.8 Å². The Kier molecular flexibility index (Phi) is 7.55. The van der Waals surface area contributed by atoms with E-state index in [0.29, 0.717) is 32.4 Å². The first kappa shape index (κ1) is 21.1. The van der Waals surface area contributed by atoms with Gasteiger partial charge in [-0.25, -0.2) is 13.6 Å². The molecule has 1 saturated carbocycles. The maximum absolute atomic E-state index is 12.3. The number of rotatable bonds is 8. The van der Waals surface area contributed by atoms with Crippen LogP contribution in [0.1, 0.15) is 31.2 Å². The number of benzene rings is 1. The van der Waals surface area contributed by atoms with Crippen LogP contribution >= 0.6 is 0 Å². The molecule has 0 bridgehead atoms. The van der Waals surface area contributed by atoms with Gasteiger partial charge in [-0.15, -0.1) is 6.58 Å². The van der Waals surface area contributed by atoms with Crippen LogP contribution in [0.15, 0.2) is 41.8 Å². The van der Waals surface area contributed by atoms with Crippen LogP contribution in [0.5, 0.6) is 0 Å². The van der Waals surface area contributed by atoms with Gasteiger partial charge >= 0.3 is 0 Å². The minimum atomic E-state index is -3.69. The Morgan fingerprint density at radius 1 is 1.04 bits per heavy atom. The molecule has 27 heavy (non-hydrogen) atoms. The molecule has 1 fully saturated rings. The normalized spacial score (nSPS) is 19.9. The van der Waals surface area contributed by atoms with Crippen LogP contribution in [-0.2, 0) is 26.0 Å². The summed E-state index contributed by atoms with van der Waals surface area (Å²) in [6.45, 7) is 4.53. The van der Waals surface area contributed by atoms with Gasteiger partial charge in [0.15, 0.2) is 0 Å². The minimum absolute atomic E-state index is 0.0149. The zero-order valence-corrected chi connectivity index (χ0v) is 16.1. The lowest BCUT2D eigenvalue weighted by atomic mass is 9.81. The van der Waals surface area contributed by atoms with Gasteiger partial charge in [-0.3, -0.25) is 9.59 Å². The molecule has 1 aliphatic carbocycles. The van der Waals surface area contributed by atoms with Gasteiger partial charge in [0.1, 0.15) is 0 Å². The second-order valence-electron chi connectivity index (χ2n) is 6.81. The summed E-state index contributed by atoms with van der Waals surface area (Å²) >= 11 is 0. The monoisotopic (exact) mass is 393 g/mol. The average Bonchev–Trinajstić information content (AvgIpc) is 2.66. The molecule has 2 rings (SSSR count). The van der Waals surface area contributed by atoms with Gasteiger partial charge in [0, 0.05) is 24.9 Å². The van der Waals surface area contributed by atoms with Crippen LogP contribution in [0, 0.1) is 11.8 Å². The standard InChI is InChI=1S/C19H27N3O4S/c1-2-12-21-18(23)15-5-7-16(8-6-15)19(24)22-13-11-14-3-9-17(10-4-14)27(20,25)26/h2-4,9-10,15-16H,1,5-8,11-13H2,(H,21,23)(H,22,24)(H2,20,25,26). The van der Waals surface area contributed by atoms with Gasteiger partial charge in [0.25, 0.3) is 0 Å². The molecule has 4 N–H and O–H groups in total. The predicted octanol–water partition coefficient (Wildman–Crippen LogP) is 1.10. The van der Waals surface area contributed by atoms with Gasteiger partial charge in [-0.2, -0.15) is 0 Å². The highest BCUT2D eigenvalue weighted by Crippen LogP contribution is 2.29. The molecule has 148 valence electrons. The third kappa shape index (κ3) is 6.48. The number of nitrogens with one attached hydrogen (secondary N) is 2. The van der Waals surface area contributed by atoms with Crippen LogP contribution in [0.3, 0.4) is 0 Å². The summed E-state index contributed by atoms with van der Waals surface area (Å²) in [6, 6.07) is 6.31. The third-order valence-electron chi connectivity index (χ3n) is 4.85. The molecule has 0 atom stereocenters. The highest BCUT2D eigenvalue weighted by atomic mass is 32.2. The maximum atomic E-state index is 12.3. The first-order valence-corrected chi connectivity index (χ1v) is 10.6. The second-order valence-corrected chi connectivity index (χ2v) is 8.37. The molecule has 0 aliphatic heterocycles. The van der Waals surface area contributed by atoms with E-state index < -0.39 is 10.0 Å². The van der Waals surface area contributed by atoms with Crippen molar-refractivity contribution in [2.75, 3.05) is 13.1 Å². The Labute approximate surface area is 160 Å². The van der Waals surface area contributed by atoms with Crippen LogP contribution in [-0.4, -0.2) is 33.3 Å². The van der Waals surface area contributed by atoms with E-state index in [9.17, 15) is 18.0 Å². The van der Waals surface area contributed by atoms with Crippen molar-refractivity contribution in [3.05, 3.63) is 42.5 Å². The predicted molar refractivity (Wildman–Crippen MR) is 103 cm³/mol. The number of nitrogens with two attached hydrogens (primary N) is 1. The quantitative estimate of drug-likeness (QED) is 0.573. The van der Waals surface area contributed by atoms with Gasteiger partial charge in [-0.1, -0.05) is 18.2 Å². The molecule has 1 aromatic rings. The molecule has 8 heteroatoms. The van der Waals surface area contributed by atoms with Crippen LogP contribution in [0.2, 0.25) is 0 Å².